The monoisotopic (exact) mass is 381 g/mol. The van der Waals surface area contributed by atoms with Crippen molar-refractivity contribution in [1.82, 2.24) is 5.32 Å². The van der Waals surface area contributed by atoms with Crippen LogP contribution in [-0.4, -0.2) is 48.6 Å². The van der Waals surface area contributed by atoms with Crippen LogP contribution >= 0.6 is 0 Å². The highest BCUT2D eigenvalue weighted by Gasteiger charge is 2.19. The maximum absolute atomic E-state index is 11.9. The van der Waals surface area contributed by atoms with Gasteiger partial charge in [0, 0.05) is 6.61 Å². The molecule has 1 rings (SSSR count). The van der Waals surface area contributed by atoms with Gasteiger partial charge >= 0.3 is 12.1 Å². The lowest BCUT2D eigenvalue weighted by Crippen LogP contribution is -2.41. The summed E-state index contributed by atoms with van der Waals surface area (Å²) >= 11 is 0. The lowest BCUT2D eigenvalue weighted by Gasteiger charge is -2.23. The number of rotatable bonds is 12. The molecule has 0 radical (unpaired) electrons. The molecule has 0 saturated heterocycles. The second kappa shape index (κ2) is 12.3. The fourth-order valence-corrected chi connectivity index (χ4v) is 2.32. The molecule has 0 aliphatic rings. The highest BCUT2D eigenvalue weighted by atomic mass is 16.6. The van der Waals surface area contributed by atoms with E-state index in [-0.39, 0.29) is 12.6 Å². The number of ether oxygens (including phenoxy) is 3. The van der Waals surface area contributed by atoms with Gasteiger partial charge in [-0.3, -0.25) is 0 Å². The van der Waals surface area contributed by atoms with Crippen LogP contribution in [0.25, 0.3) is 0 Å². The Bertz CT molecular complexity index is 555. The molecule has 0 aromatic heterocycles. The number of alkyl carbamates (subject to hydrolysis) is 1. The third kappa shape index (κ3) is 12.8. The Balaban J connectivity index is 2.29. The third-order valence-corrected chi connectivity index (χ3v) is 3.47. The molecular formula is C20H31NO6. The molecule has 0 fully saturated rings. The molecule has 152 valence electrons. The lowest BCUT2D eigenvalue weighted by molar-refractivity contribution is -0.142. The number of carboxylic acid groups (broad SMARTS) is 1. The predicted octanol–water partition coefficient (Wildman–Crippen LogP) is 3.37. The van der Waals surface area contributed by atoms with E-state index in [9.17, 15) is 9.59 Å². The minimum atomic E-state index is -1.04. The largest absolute Gasteiger partial charge is 0.480 e. The number of carbonyl (C=O) groups excluding carboxylic acids is 1. The van der Waals surface area contributed by atoms with Gasteiger partial charge in [-0.15, -0.1) is 0 Å². The van der Waals surface area contributed by atoms with Crippen LogP contribution in [0.3, 0.4) is 0 Å². The Labute approximate surface area is 161 Å². The van der Waals surface area contributed by atoms with Gasteiger partial charge in [-0.25, -0.2) is 9.59 Å². The van der Waals surface area contributed by atoms with Gasteiger partial charge in [-0.05, 0) is 45.6 Å². The molecule has 0 bridgehead atoms. The normalized spacial score (nSPS) is 12.4. The first kappa shape index (κ1) is 22.9. The van der Waals surface area contributed by atoms with Crippen LogP contribution in [0.5, 0.6) is 0 Å². The van der Waals surface area contributed by atoms with Crippen molar-refractivity contribution < 1.29 is 28.9 Å². The van der Waals surface area contributed by atoms with Crippen LogP contribution in [0.4, 0.5) is 4.79 Å². The SMILES string of the molecule is CC(C)(C)OC(=O)N[C@H](CCCCOCc1ccccc1)COCC(=O)O. The van der Waals surface area contributed by atoms with Crippen molar-refractivity contribution in [2.24, 2.45) is 0 Å². The Kier molecular flexibility index (Phi) is 10.4. The Morgan fingerprint density at radius 2 is 1.81 bits per heavy atom. The van der Waals surface area contributed by atoms with Gasteiger partial charge in [-0.2, -0.15) is 0 Å². The van der Waals surface area contributed by atoms with Crippen LogP contribution in [0.1, 0.15) is 45.6 Å². The molecule has 0 unspecified atom stereocenters. The maximum Gasteiger partial charge on any atom is 0.407 e. The molecule has 27 heavy (non-hydrogen) atoms. The Hall–Kier alpha value is -2.12. The van der Waals surface area contributed by atoms with E-state index in [4.69, 9.17) is 19.3 Å². The van der Waals surface area contributed by atoms with Crippen LogP contribution < -0.4 is 5.32 Å². The fraction of sp³-hybridized carbons (Fsp3) is 0.600. The van der Waals surface area contributed by atoms with E-state index in [0.29, 0.717) is 19.6 Å². The lowest BCUT2D eigenvalue weighted by atomic mass is 10.1. The molecule has 2 N–H and O–H groups in total. The number of unbranched alkanes of at least 4 members (excludes halogenated alkanes) is 1. The van der Waals surface area contributed by atoms with Gasteiger partial charge in [0.25, 0.3) is 0 Å². The van der Waals surface area contributed by atoms with E-state index in [0.717, 1.165) is 18.4 Å². The summed E-state index contributed by atoms with van der Waals surface area (Å²) in [6.45, 7) is 6.26. The van der Waals surface area contributed by atoms with Gasteiger partial charge in [0.15, 0.2) is 0 Å². The molecule has 1 aromatic rings. The number of carboxylic acids is 1. The summed E-state index contributed by atoms with van der Waals surface area (Å²) in [5.74, 6) is -1.04. The van der Waals surface area contributed by atoms with E-state index in [1.807, 2.05) is 30.3 Å². The van der Waals surface area contributed by atoms with Crippen LogP contribution in [-0.2, 0) is 25.6 Å². The first-order valence-corrected chi connectivity index (χ1v) is 9.17. The number of benzene rings is 1. The van der Waals surface area contributed by atoms with E-state index >= 15 is 0 Å². The number of hydrogen-bond donors (Lipinski definition) is 2. The van der Waals surface area contributed by atoms with E-state index in [2.05, 4.69) is 5.32 Å². The van der Waals surface area contributed by atoms with E-state index in [1.54, 1.807) is 20.8 Å². The number of amides is 1. The summed E-state index contributed by atoms with van der Waals surface area (Å²) in [5.41, 5.74) is 0.533. The third-order valence-electron chi connectivity index (χ3n) is 3.47. The van der Waals surface area contributed by atoms with Gasteiger partial charge in [0.2, 0.25) is 0 Å². The quantitative estimate of drug-likeness (QED) is 0.539. The van der Waals surface area contributed by atoms with Gasteiger partial charge in [0.05, 0.1) is 19.3 Å². The molecule has 7 nitrogen and oxygen atoms in total. The zero-order valence-electron chi connectivity index (χ0n) is 16.4. The van der Waals surface area contributed by atoms with Crippen molar-refractivity contribution in [3.63, 3.8) is 0 Å². The van der Waals surface area contributed by atoms with Crippen molar-refractivity contribution in [2.75, 3.05) is 19.8 Å². The summed E-state index contributed by atoms with van der Waals surface area (Å²) in [6, 6.07) is 9.63. The van der Waals surface area contributed by atoms with Crippen molar-refractivity contribution in [2.45, 2.75) is 58.3 Å². The topological polar surface area (TPSA) is 94.1 Å². The smallest absolute Gasteiger partial charge is 0.407 e. The standard InChI is InChI=1S/C20H31NO6/c1-20(2,3)27-19(24)21-17(14-26-15-18(22)23)11-7-8-12-25-13-16-9-5-4-6-10-16/h4-6,9-10,17H,7-8,11-15H2,1-3H3,(H,21,24)(H,22,23)/t17-/m1/s1. The summed E-state index contributed by atoms with van der Waals surface area (Å²) in [7, 11) is 0. The van der Waals surface area contributed by atoms with Crippen LogP contribution in [0.15, 0.2) is 30.3 Å². The molecule has 1 aromatic carbocycles. The molecule has 1 amide bonds. The molecule has 0 saturated carbocycles. The van der Waals surface area contributed by atoms with Crippen molar-refractivity contribution in [3.05, 3.63) is 35.9 Å². The summed E-state index contributed by atoms with van der Waals surface area (Å²) < 4.78 is 16.0. The average molecular weight is 381 g/mol. The molecule has 0 spiro atoms. The number of carbonyl (C=O) groups is 2. The number of nitrogens with one attached hydrogen (secondary N) is 1. The minimum Gasteiger partial charge on any atom is -0.480 e. The highest BCUT2D eigenvalue weighted by molar-refractivity contribution is 5.68. The molecule has 0 aliphatic heterocycles. The Morgan fingerprint density at radius 1 is 1.11 bits per heavy atom. The van der Waals surface area contributed by atoms with Gasteiger partial charge in [0.1, 0.15) is 12.2 Å². The first-order chi connectivity index (χ1) is 12.8. The molecule has 0 aliphatic carbocycles. The van der Waals surface area contributed by atoms with Crippen molar-refractivity contribution in [1.29, 1.82) is 0 Å². The summed E-state index contributed by atoms with van der Waals surface area (Å²) in [5, 5.41) is 11.4. The zero-order chi connectivity index (χ0) is 20.1. The second-order valence-corrected chi connectivity index (χ2v) is 7.29. The fourth-order valence-electron chi connectivity index (χ4n) is 2.32. The minimum absolute atomic E-state index is 0.121. The molecular weight excluding hydrogens is 350 g/mol. The van der Waals surface area contributed by atoms with Gasteiger partial charge < -0.3 is 24.6 Å². The van der Waals surface area contributed by atoms with E-state index < -0.39 is 24.3 Å². The Morgan fingerprint density at radius 3 is 2.44 bits per heavy atom. The van der Waals surface area contributed by atoms with Crippen LogP contribution in [0.2, 0.25) is 0 Å². The first-order valence-electron chi connectivity index (χ1n) is 9.17. The molecule has 0 heterocycles. The highest BCUT2D eigenvalue weighted by Crippen LogP contribution is 2.09. The molecule has 7 heteroatoms. The maximum atomic E-state index is 11.9. The average Bonchev–Trinajstić information content (AvgIpc) is 2.56. The van der Waals surface area contributed by atoms with Crippen molar-refractivity contribution >= 4 is 12.1 Å². The summed E-state index contributed by atoms with van der Waals surface area (Å²) in [6.07, 6.45) is 1.75. The number of aliphatic carboxylic acids is 1. The molecule has 1 atom stereocenters. The number of hydrogen-bond acceptors (Lipinski definition) is 5. The van der Waals surface area contributed by atoms with Crippen molar-refractivity contribution in [3.8, 4) is 0 Å². The van der Waals surface area contributed by atoms with E-state index in [1.165, 1.54) is 0 Å². The summed E-state index contributed by atoms with van der Waals surface area (Å²) in [4.78, 5) is 22.5. The van der Waals surface area contributed by atoms with Gasteiger partial charge in [-0.1, -0.05) is 30.3 Å². The predicted molar refractivity (Wildman–Crippen MR) is 102 cm³/mol. The van der Waals surface area contributed by atoms with Crippen LogP contribution in [0, 0.1) is 0 Å². The zero-order valence-corrected chi connectivity index (χ0v) is 16.4. The second-order valence-electron chi connectivity index (χ2n) is 7.29.